The van der Waals surface area contributed by atoms with Gasteiger partial charge in [-0.25, -0.2) is 0 Å². The summed E-state index contributed by atoms with van der Waals surface area (Å²) in [5.41, 5.74) is 0.399. The zero-order valence-corrected chi connectivity index (χ0v) is 11.5. The van der Waals surface area contributed by atoms with Gasteiger partial charge in [0.15, 0.2) is 0 Å². The number of non-ortho nitro benzene ring substituents is 1. The smallest absolute Gasteiger partial charge is 0.270 e. The molecule has 0 aliphatic rings. The van der Waals surface area contributed by atoms with E-state index < -0.39 is 11.0 Å². The van der Waals surface area contributed by atoms with Crippen LogP contribution in [0.3, 0.4) is 0 Å². The van der Waals surface area contributed by atoms with E-state index in [4.69, 9.17) is 4.74 Å². The highest BCUT2D eigenvalue weighted by molar-refractivity contribution is 5.44. The van der Waals surface area contributed by atoms with Gasteiger partial charge in [-0.2, -0.15) is 0 Å². The number of aliphatic hydroxyl groups is 1. The molecule has 1 aromatic carbocycles. The van der Waals surface area contributed by atoms with Gasteiger partial charge in [-0.05, 0) is 33.5 Å². The van der Waals surface area contributed by atoms with Crippen molar-refractivity contribution in [2.24, 2.45) is 0 Å². The Bertz CT molecular complexity index is 433. The van der Waals surface area contributed by atoms with E-state index in [-0.39, 0.29) is 5.69 Å². The van der Waals surface area contributed by atoms with Gasteiger partial charge >= 0.3 is 0 Å². The quantitative estimate of drug-likeness (QED) is 0.465. The first kappa shape index (κ1) is 15.4. The summed E-state index contributed by atoms with van der Waals surface area (Å²) in [6.45, 7) is 2.97. The molecule has 0 amide bonds. The molecular weight excluding hydrogens is 248 g/mol. The lowest BCUT2D eigenvalue weighted by Crippen LogP contribution is -2.15. The van der Waals surface area contributed by atoms with Crippen LogP contribution in [0.15, 0.2) is 18.2 Å². The predicted octanol–water partition coefficient (Wildman–Crippen LogP) is 1.98. The van der Waals surface area contributed by atoms with Crippen molar-refractivity contribution in [1.29, 1.82) is 0 Å². The monoisotopic (exact) mass is 268 g/mol. The average Bonchev–Trinajstić information content (AvgIpc) is 2.34. The summed E-state index contributed by atoms with van der Waals surface area (Å²) >= 11 is 0. The molecule has 106 valence electrons. The first-order chi connectivity index (χ1) is 8.91. The van der Waals surface area contributed by atoms with Gasteiger partial charge in [-0.1, -0.05) is 0 Å². The van der Waals surface area contributed by atoms with Crippen molar-refractivity contribution >= 4 is 5.69 Å². The maximum Gasteiger partial charge on any atom is 0.270 e. The zero-order chi connectivity index (χ0) is 14.4. The molecule has 0 heterocycles. The minimum absolute atomic E-state index is 0.0449. The molecule has 0 aromatic heterocycles. The molecule has 0 saturated carbocycles. The van der Waals surface area contributed by atoms with Crippen LogP contribution in [-0.4, -0.2) is 42.2 Å². The van der Waals surface area contributed by atoms with Gasteiger partial charge in [0.1, 0.15) is 5.75 Å². The minimum atomic E-state index is -0.802. The fourth-order valence-electron chi connectivity index (χ4n) is 1.67. The van der Waals surface area contributed by atoms with Crippen molar-refractivity contribution in [2.75, 3.05) is 27.2 Å². The molecule has 6 nitrogen and oxygen atoms in total. The van der Waals surface area contributed by atoms with Crippen LogP contribution in [0.4, 0.5) is 5.69 Å². The number of nitro groups is 1. The highest BCUT2D eigenvalue weighted by Crippen LogP contribution is 2.29. The first-order valence-electron chi connectivity index (χ1n) is 6.15. The van der Waals surface area contributed by atoms with Gasteiger partial charge < -0.3 is 14.7 Å². The summed E-state index contributed by atoms with van der Waals surface area (Å²) in [5, 5.41) is 20.3. The van der Waals surface area contributed by atoms with E-state index in [0.29, 0.717) is 17.9 Å². The van der Waals surface area contributed by atoms with Crippen LogP contribution < -0.4 is 4.74 Å². The SMILES string of the molecule is CC(O)c1cc([N+](=O)[O-])ccc1OCCCN(C)C. The number of nitro benzene ring substituents is 1. The summed E-state index contributed by atoms with van der Waals surface area (Å²) in [5.74, 6) is 0.499. The van der Waals surface area contributed by atoms with Gasteiger partial charge in [0.25, 0.3) is 5.69 Å². The highest BCUT2D eigenvalue weighted by Gasteiger charge is 2.15. The molecule has 0 bridgehead atoms. The molecule has 6 heteroatoms. The predicted molar refractivity (Wildman–Crippen MR) is 72.4 cm³/mol. The number of hydrogen-bond acceptors (Lipinski definition) is 5. The summed E-state index contributed by atoms with van der Waals surface area (Å²) in [7, 11) is 3.96. The van der Waals surface area contributed by atoms with Crippen LogP contribution in [0, 0.1) is 10.1 Å². The Morgan fingerprint density at radius 3 is 2.68 bits per heavy atom. The summed E-state index contributed by atoms with van der Waals surface area (Å²) in [6.07, 6.45) is 0.0483. The third-order valence-corrected chi connectivity index (χ3v) is 2.66. The molecule has 0 aliphatic carbocycles. The molecule has 0 radical (unpaired) electrons. The van der Waals surface area contributed by atoms with Crippen molar-refractivity contribution in [2.45, 2.75) is 19.4 Å². The Morgan fingerprint density at radius 2 is 2.16 bits per heavy atom. The topological polar surface area (TPSA) is 75.8 Å². The number of aliphatic hydroxyl groups excluding tert-OH is 1. The van der Waals surface area contributed by atoms with E-state index in [1.807, 2.05) is 14.1 Å². The second-order valence-electron chi connectivity index (χ2n) is 4.66. The molecular formula is C13H20N2O4. The first-order valence-corrected chi connectivity index (χ1v) is 6.15. The third kappa shape index (κ3) is 4.84. The maximum atomic E-state index is 10.7. The molecule has 0 fully saturated rings. The lowest BCUT2D eigenvalue weighted by molar-refractivity contribution is -0.385. The molecule has 0 spiro atoms. The van der Waals surface area contributed by atoms with Crippen LogP contribution in [0.5, 0.6) is 5.75 Å². The largest absolute Gasteiger partial charge is 0.493 e. The average molecular weight is 268 g/mol. The summed E-state index contributed by atoms with van der Waals surface area (Å²) < 4.78 is 5.57. The molecule has 0 saturated heterocycles. The van der Waals surface area contributed by atoms with Crippen LogP contribution in [0.25, 0.3) is 0 Å². The van der Waals surface area contributed by atoms with Crippen molar-refractivity contribution in [1.82, 2.24) is 4.90 Å². The van der Waals surface area contributed by atoms with E-state index in [1.54, 1.807) is 6.92 Å². The van der Waals surface area contributed by atoms with Crippen LogP contribution in [0.1, 0.15) is 25.0 Å². The van der Waals surface area contributed by atoms with Crippen LogP contribution in [0.2, 0.25) is 0 Å². The molecule has 1 unspecified atom stereocenters. The van der Waals surface area contributed by atoms with Gasteiger partial charge in [-0.15, -0.1) is 0 Å². The van der Waals surface area contributed by atoms with E-state index in [0.717, 1.165) is 13.0 Å². The Hall–Kier alpha value is -1.66. The second kappa shape index (κ2) is 7.06. The normalized spacial score (nSPS) is 12.5. The van der Waals surface area contributed by atoms with E-state index >= 15 is 0 Å². The Kier molecular flexibility index (Phi) is 5.72. The number of hydrogen-bond donors (Lipinski definition) is 1. The highest BCUT2D eigenvalue weighted by atomic mass is 16.6. The summed E-state index contributed by atoms with van der Waals surface area (Å²) in [6, 6.07) is 4.27. The molecule has 1 aromatic rings. The summed E-state index contributed by atoms with van der Waals surface area (Å²) in [4.78, 5) is 12.3. The van der Waals surface area contributed by atoms with Gasteiger partial charge in [-0.3, -0.25) is 10.1 Å². The minimum Gasteiger partial charge on any atom is -0.493 e. The van der Waals surface area contributed by atoms with E-state index in [9.17, 15) is 15.2 Å². The molecule has 1 atom stereocenters. The lowest BCUT2D eigenvalue weighted by Gasteiger charge is -2.14. The maximum absolute atomic E-state index is 10.7. The molecule has 0 aliphatic heterocycles. The van der Waals surface area contributed by atoms with Crippen molar-refractivity contribution in [3.05, 3.63) is 33.9 Å². The standard InChI is InChI=1S/C13H20N2O4/c1-10(16)12-9-11(15(17)18)5-6-13(12)19-8-4-7-14(2)3/h5-6,9-10,16H,4,7-8H2,1-3H3. The second-order valence-corrected chi connectivity index (χ2v) is 4.66. The third-order valence-electron chi connectivity index (χ3n) is 2.66. The van der Waals surface area contributed by atoms with Crippen LogP contribution >= 0.6 is 0 Å². The molecule has 1 rings (SSSR count). The van der Waals surface area contributed by atoms with Crippen LogP contribution in [-0.2, 0) is 0 Å². The fourth-order valence-corrected chi connectivity index (χ4v) is 1.67. The van der Waals surface area contributed by atoms with Crippen molar-refractivity contribution in [3.8, 4) is 5.75 Å². The van der Waals surface area contributed by atoms with Crippen molar-refractivity contribution < 1.29 is 14.8 Å². The number of ether oxygens (including phenoxy) is 1. The number of benzene rings is 1. The van der Waals surface area contributed by atoms with Gasteiger partial charge in [0, 0.05) is 24.2 Å². The molecule has 1 N–H and O–H groups in total. The zero-order valence-electron chi connectivity index (χ0n) is 11.5. The van der Waals surface area contributed by atoms with E-state index in [1.165, 1.54) is 18.2 Å². The fraction of sp³-hybridized carbons (Fsp3) is 0.538. The molecule has 19 heavy (non-hydrogen) atoms. The number of nitrogens with zero attached hydrogens (tertiary/aromatic N) is 2. The van der Waals surface area contributed by atoms with Crippen molar-refractivity contribution in [3.63, 3.8) is 0 Å². The Morgan fingerprint density at radius 1 is 1.47 bits per heavy atom. The Balaban J connectivity index is 2.74. The number of rotatable bonds is 7. The van der Waals surface area contributed by atoms with E-state index in [2.05, 4.69) is 4.90 Å². The van der Waals surface area contributed by atoms with Gasteiger partial charge in [0.05, 0.1) is 17.6 Å². The Labute approximate surface area is 112 Å². The lowest BCUT2D eigenvalue weighted by atomic mass is 10.1. The van der Waals surface area contributed by atoms with Gasteiger partial charge in [0.2, 0.25) is 0 Å².